The van der Waals surface area contributed by atoms with Crippen LogP contribution in [0.2, 0.25) is 0 Å². The van der Waals surface area contributed by atoms with E-state index in [1.54, 1.807) is 18.2 Å². The molecule has 0 radical (unpaired) electrons. The van der Waals surface area contributed by atoms with Crippen molar-refractivity contribution in [1.82, 2.24) is 0 Å². The van der Waals surface area contributed by atoms with Gasteiger partial charge < -0.3 is 9.84 Å². The second-order valence-electron chi connectivity index (χ2n) is 4.31. The van der Waals surface area contributed by atoms with Gasteiger partial charge in [-0.2, -0.15) is 0 Å². The Balaban J connectivity index is 2.04. The Hall–Kier alpha value is -1.87. The molecule has 0 aliphatic carbocycles. The molecule has 0 fully saturated rings. The van der Waals surface area contributed by atoms with Crippen LogP contribution in [-0.4, -0.2) is 11.7 Å². The molecule has 2 nitrogen and oxygen atoms in total. The molecule has 1 N–H and O–H groups in total. The smallest absolute Gasteiger partial charge is 0.129 e. The first-order valence-corrected chi connectivity index (χ1v) is 6.35. The summed E-state index contributed by atoms with van der Waals surface area (Å²) in [6.45, 7) is 2.08. The van der Waals surface area contributed by atoms with E-state index in [1.165, 1.54) is 6.07 Å². The van der Waals surface area contributed by atoms with Crippen molar-refractivity contribution < 1.29 is 14.2 Å². The summed E-state index contributed by atoms with van der Waals surface area (Å²) in [6.07, 6.45) is -0.113. The minimum absolute atomic E-state index is 0.0396. The Kier molecular flexibility index (Phi) is 4.53. The molecule has 1 unspecified atom stereocenters. The predicted octanol–water partition coefficient (Wildman–Crippen LogP) is 3.50. The van der Waals surface area contributed by atoms with Crippen molar-refractivity contribution in [3.05, 3.63) is 65.5 Å². The Morgan fingerprint density at radius 3 is 2.53 bits per heavy atom. The third-order valence-electron chi connectivity index (χ3n) is 3.01. The summed E-state index contributed by atoms with van der Waals surface area (Å²) in [5.41, 5.74) is 1.33. The third kappa shape index (κ3) is 3.32. The first kappa shape index (κ1) is 13.6. The van der Waals surface area contributed by atoms with Crippen molar-refractivity contribution in [1.29, 1.82) is 0 Å². The van der Waals surface area contributed by atoms with Gasteiger partial charge >= 0.3 is 0 Å². The molecule has 2 rings (SSSR count). The number of rotatable bonds is 5. The molecule has 0 saturated carbocycles. The zero-order chi connectivity index (χ0) is 13.7. The highest BCUT2D eigenvalue weighted by Gasteiger charge is 2.13. The van der Waals surface area contributed by atoms with Crippen LogP contribution in [0.25, 0.3) is 0 Å². The summed E-state index contributed by atoms with van der Waals surface area (Å²) in [6, 6.07) is 13.8. The van der Waals surface area contributed by atoms with Crippen LogP contribution in [0, 0.1) is 5.82 Å². The van der Waals surface area contributed by atoms with E-state index in [0.29, 0.717) is 0 Å². The molecule has 3 heteroatoms. The molecular formula is C16H17FO2. The van der Waals surface area contributed by atoms with Crippen molar-refractivity contribution >= 4 is 0 Å². The van der Waals surface area contributed by atoms with Crippen LogP contribution in [0.4, 0.5) is 4.39 Å². The first-order valence-electron chi connectivity index (χ1n) is 6.35. The van der Waals surface area contributed by atoms with Gasteiger partial charge in [0, 0.05) is 5.56 Å². The molecule has 0 spiro atoms. The van der Waals surface area contributed by atoms with E-state index in [1.807, 2.05) is 31.2 Å². The Morgan fingerprint density at radius 1 is 1.11 bits per heavy atom. The molecule has 0 saturated heterocycles. The zero-order valence-electron chi connectivity index (χ0n) is 10.8. The summed E-state index contributed by atoms with van der Waals surface area (Å²) in [5.74, 6) is 0.322. The fourth-order valence-corrected chi connectivity index (χ4v) is 1.94. The minimum atomic E-state index is -0.967. The topological polar surface area (TPSA) is 29.5 Å². The lowest BCUT2D eigenvalue weighted by Crippen LogP contribution is -2.11. The van der Waals surface area contributed by atoms with Crippen molar-refractivity contribution in [2.24, 2.45) is 0 Å². The molecule has 0 amide bonds. The molecular weight excluding hydrogens is 243 g/mol. The predicted molar refractivity (Wildman–Crippen MR) is 72.7 cm³/mol. The van der Waals surface area contributed by atoms with Gasteiger partial charge in [-0.25, -0.2) is 4.39 Å². The number of halogens is 1. The van der Waals surface area contributed by atoms with Gasteiger partial charge in [-0.05, 0) is 24.1 Å². The van der Waals surface area contributed by atoms with Crippen molar-refractivity contribution in [3.8, 4) is 5.75 Å². The Morgan fingerprint density at radius 2 is 1.79 bits per heavy atom. The quantitative estimate of drug-likeness (QED) is 0.891. The van der Waals surface area contributed by atoms with Crippen molar-refractivity contribution in [2.75, 3.05) is 6.61 Å². The summed E-state index contributed by atoms with van der Waals surface area (Å²) in [4.78, 5) is 0. The van der Waals surface area contributed by atoms with E-state index in [-0.39, 0.29) is 12.2 Å². The molecule has 2 aromatic rings. The van der Waals surface area contributed by atoms with Crippen LogP contribution in [-0.2, 0) is 6.42 Å². The number of aliphatic hydroxyl groups excluding tert-OH is 1. The maximum atomic E-state index is 13.5. The molecule has 0 heterocycles. The van der Waals surface area contributed by atoms with Crippen LogP contribution in [0.1, 0.15) is 24.2 Å². The average Bonchev–Trinajstić information content (AvgIpc) is 2.45. The molecule has 0 aliphatic rings. The van der Waals surface area contributed by atoms with Gasteiger partial charge in [0.15, 0.2) is 0 Å². The highest BCUT2D eigenvalue weighted by atomic mass is 19.1. The monoisotopic (exact) mass is 260 g/mol. The molecule has 2 aromatic carbocycles. The lowest BCUT2D eigenvalue weighted by Gasteiger charge is -2.15. The zero-order valence-corrected chi connectivity index (χ0v) is 10.8. The summed E-state index contributed by atoms with van der Waals surface area (Å²) < 4.78 is 19.1. The molecule has 0 aromatic heterocycles. The molecule has 0 aliphatic heterocycles. The lowest BCUT2D eigenvalue weighted by atomic mass is 10.1. The number of para-hydroxylation sites is 1. The highest BCUT2D eigenvalue weighted by Crippen LogP contribution is 2.22. The van der Waals surface area contributed by atoms with E-state index in [9.17, 15) is 9.50 Å². The number of hydrogen-bond donors (Lipinski definition) is 1. The SMILES string of the molecule is CCc1ccccc1OCC(O)c1ccccc1F. The van der Waals surface area contributed by atoms with E-state index < -0.39 is 11.9 Å². The standard InChI is InChI=1S/C16H17FO2/c1-2-12-7-3-6-10-16(12)19-11-15(18)13-8-4-5-9-14(13)17/h3-10,15,18H,2,11H2,1H3. The van der Waals surface area contributed by atoms with Gasteiger partial charge in [-0.15, -0.1) is 0 Å². The molecule has 0 bridgehead atoms. The van der Waals surface area contributed by atoms with Gasteiger partial charge in [-0.1, -0.05) is 43.3 Å². The van der Waals surface area contributed by atoms with Crippen molar-refractivity contribution in [2.45, 2.75) is 19.4 Å². The lowest BCUT2D eigenvalue weighted by molar-refractivity contribution is 0.104. The van der Waals surface area contributed by atoms with Crippen molar-refractivity contribution in [3.63, 3.8) is 0 Å². The van der Waals surface area contributed by atoms with E-state index >= 15 is 0 Å². The summed E-state index contributed by atoms with van der Waals surface area (Å²) in [7, 11) is 0. The van der Waals surface area contributed by atoms with Crippen LogP contribution < -0.4 is 4.74 Å². The largest absolute Gasteiger partial charge is 0.490 e. The number of hydrogen-bond acceptors (Lipinski definition) is 2. The third-order valence-corrected chi connectivity index (χ3v) is 3.01. The summed E-state index contributed by atoms with van der Waals surface area (Å²) >= 11 is 0. The fraction of sp³-hybridized carbons (Fsp3) is 0.250. The second-order valence-corrected chi connectivity index (χ2v) is 4.31. The number of aryl methyl sites for hydroxylation is 1. The summed E-state index contributed by atoms with van der Waals surface area (Å²) in [5, 5.41) is 9.96. The molecule has 100 valence electrons. The van der Waals surface area contributed by atoms with Gasteiger partial charge in [-0.3, -0.25) is 0 Å². The number of aliphatic hydroxyl groups is 1. The van der Waals surface area contributed by atoms with Gasteiger partial charge in [0.05, 0.1) is 0 Å². The maximum Gasteiger partial charge on any atom is 0.129 e. The van der Waals surface area contributed by atoms with Crippen LogP contribution in [0.3, 0.4) is 0 Å². The Bertz CT molecular complexity index is 540. The second kappa shape index (κ2) is 6.34. The van der Waals surface area contributed by atoms with Crippen LogP contribution in [0.5, 0.6) is 5.75 Å². The van der Waals surface area contributed by atoms with Gasteiger partial charge in [0.25, 0.3) is 0 Å². The normalized spacial score (nSPS) is 12.2. The maximum absolute atomic E-state index is 13.5. The minimum Gasteiger partial charge on any atom is -0.490 e. The first-order chi connectivity index (χ1) is 9.22. The highest BCUT2D eigenvalue weighted by molar-refractivity contribution is 5.33. The molecule has 19 heavy (non-hydrogen) atoms. The fourth-order valence-electron chi connectivity index (χ4n) is 1.94. The number of ether oxygens (including phenoxy) is 1. The van der Waals surface area contributed by atoms with E-state index in [4.69, 9.17) is 4.74 Å². The van der Waals surface area contributed by atoms with E-state index in [2.05, 4.69) is 0 Å². The number of benzene rings is 2. The van der Waals surface area contributed by atoms with Crippen LogP contribution >= 0.6 is 0 Å². The Labute approximate surface area is 112 Å². The molecule has 1 atom stereocenters. The van der Waals surface area contributed by atoms with E-state index in [0.717, 1.165) is 17.7 Å². The van der Waals surface area contributed by atoms with Gasteiger partial charge in [0.2, 0.25) is 0 Å². The van der Waals surface area contributed by atoms with Crippen LogP contribution in [0.15, 0.2) is 48.5 Å². The average molecular weight is 260 g/mol. The van der Waals surface area contributed by atoms with Gasteiger partial charge in [0.1, 0.15) is 24.3 Å².